The van der Waals surface area contributed by atoms with E-state index < -0.39 is 10.0 Å². The first-order valence-corrected chi connectivity index (χ1v) is 11.1. The number of fused-ring (bicyclic) bond motifs is 1. The molecule has 2 aliphatic rings. The molecule has 2 aromatic rings. The second-order valence-electron chi connectivity index (χ2n) is 7.21. The quantitative estimate of drug-likeness (QED) is 0.552. The van der Waals surface area contributed by atoms with Crippen molar-refractivity contribution in [2.24, 2.45) is 0 Å². The van der Waals surface area contributed by atoms with Crippen molar-refractivity contribution >= 4 is 34.9 Å². The second kappa shape index (κ2) is 7.38. The van der Waals surface area contributed by atoms with Gasteiger partial charge in [0, 0.05) is 63.8 Å². The number of aromatic nitrogens is 3. The van der Waals surface area contributed by atoms with Gasteiger partial charge in [-0.25, -0.2) is 18.4 Å². The number of rotatable bonds is 4. The van der Waals surface area contributed by atoms with E-state index in [1.54, 1.807) is 0 Å². The van der Waals surface area contributed by atoms with Crippen LogP contribution in [0.1, 0.15) is 5.69 Å². The van der Waals surface area contributed by atoms with Crippen molar-refractivity contribution in [2.75, 3.05) is 63.6 Å². The Bertz CT molecular complexity index is 920. The lowest BCUT2D eigenvalue weighted by Gasteiger charge is -2.32. The van der Waals surface area contributed by atoms with Crippen LogP contribution < -0.4 is 10.5 Å². The first-order valence-electron chi connectivity index (χ1n) is 9.25. The highest BCUT2D eigenvalue weighted by molar-refractivity contribution is 7.88. The fraction of sp³-hybridized carbons (Fsp3) is 0.625. The van der Waals surface area contributed by atoms with Crippen LogP contribution in [-0.2, 0) is 21.3 Å². The largest absolute Gasteiger partial charge is 0.378 e. The first-order chi connectivity index (χ1) is 12.9. The third-order valence-electron chi connectivity index (χ3n) is 5.09. The Morgan fingerprint density at radius 3 is 2.44 bits per heavy atom. The molecule has 2 aliphatic heterocycles. The molecule has 0 atom stereocenters. The number of hydrogen-bond donors (Lipinski definition) is 0. The van der Waals surface area contributed by atoms with Crippen molar-refractivity contribution in [1.29, 1.82) is 0 Å². The summed E-state index contributed by atoms with van der Waals surface area (Å²) in [5.41, 5.74) is 2.80. The highest BCUT2D eigenvalue weighted by atomic mass is 32.2. The molecule has 0 N–H and O–H groups in total. The zero-order chi connectivity index (χ0) is 19.0. The molecule has 2 fully saturated rings. The summed E-state index contributed by atoms with van der Waals surface area (Å²) in [6.45, 7) is 6.27. The number of piperazine rings is 1. The summed E-state index contributed by atoms with van der Waals surface area (Å²) in [5.74, 6) is 0.909. The molecule has 9 nitrogen and oxygen atoms in total. The number of imidazole rings is 1. The van der Waals surface area contributed by atoms with E-state index in [2.05, 4.69) is 20.4 Å². The maximum Gasteiger partial charge on any atom is 0.211 e. The Labute approximate surface area is 160 Å². The highest BCUT2D eigenvalue weighted by Crippen LogP contribution is 2.19. The molecule has 0 saturated carbocycles. The van der Waals surface area contributed by atoms with Crippen LogP contribution in [0.5, 0.6) is 0 Å². The zero-order valence-electron chi connectivity index (χ0n) is 15.8. The van der Waals surface area contributed by atoms with Crippen LogP contribution >= 0.6 is 0 Å². The molecule has 0 bridgehead atoms. The molecule has 4 rings (SSSR count). The minimum absolute atomic E-state index is 0.534. The van der Waals surface area contributed by atoms with Crippen LogP contribution in [0.25, 0.3) is 5.65 Å². The van der Waals surface area contributed by atoms with Crippen LogP contribution in [0.15, 0.2) is 12.4 Å². The molecular weight excluding hydrogens is 367 g/mol. The molecule has 0 radical (unpaired) electrons. The number of sulfonamides is 1. The highest BCUT2D eigenvalue weighted by Gasteiger charge is 2.24. The third kappa shape index (κ3) is 4.10. The van der Waals surface area contributed by atoms with E-state index in [9.17, 15) is 8.42 Å². The number of morpholine rings is 1. The smallest absolute Gasteiger partial charge is 0.211 e. The van der Waals surface area contributed by atoms with Gasteiger partial charge in [-0.3, -0.25) is 4.90 Å². The predicted molar refractivity (Wildman–Crippen MR) is 106 cm³/mol. The standard InChI is InChI=1S/C16H25BN6O3S/c1-27(24,25)23-4-2-20(3-5-23)10-13-11-22-12-14(17)19-16(15(22)18-13)21-6-8-26-9-7-21/h11-12H,2-10,17H2,1H3. The lowest BCUT2D eigenvalue weighted by Crippen LogP contribution is -2.47. The van der Waals surface area contributed by atoms with Crippen molar-refractivity contribution in [3.63, 3.8) is 0 Å². The van der Waals surface area contributed by atoms with Gasteiger partial charge in [0.25, 0.3) is 0 Å². The van der Waals surface area contributed by atoms with Gasteiger partial charge in [0.2, 0.25) is 10.0 Å². The molecule has 0 unspecified atom stereocenters. The Balaban J connectivity index is 1.52. The maximum atomic E-state index is 11.7. The Morgan fingerprint density at radius 1 is 1.07 bits per heavy atom. The minimum atomic E-state index is -3.10. The fourth-order valence-electron chi connectivity index (χ4n) is 3.67. The van der Waals surface area contributed by atoms with Crippen molar-refractivity contribution in [3.8, 4) is 0 Å². The van der Waals surface area contributed by atoms with Gasteiger partial charge >= 0.3 is 0 Å². The van der Waals surface area contributed by atoms with E-state index in [1.165, 1.54) is 10.6 Å². The number of nitrogens with zero attached hydrogens (tertiary/aromatic N) is 6. The van der Waals surface area contributed by atoms with Crippen LogP contribution in [0.2, 0.25) is 0 Å². The monoisotopic (exact) mass is 392 g/mol. The first kappa shape index (κ1) is 18.7. The fourth-order valence-corrected chi connectivity index (χ4v) is 4.49. The SMILES string of the molecule is Bc1cn2cc(CN3CCN(S(C)(=O)=O)CC3)nc2c(N2CCOCC2)n1. The van der Waals surface area contributed by atoms with E-state index in [0.29, 0.717) is 45.9 Å². The molecular formula is C16H25BN6O3S. The van der Waals surface area contributed by atoms with E-state index in [1.807, 2.05) is 14.0 Å². The van der Waals surface area contributed by atoms with Gasteiger partial charge in [0.05, 0.1) is 25.2 Å². The Kier molecular flexibility index (Phi) is 5.10. The van der Waals surface area contributed by atoms with Gasteiger partial charge < -0.3 is 14.0 Å². The van der Waals surface area contributed by atoms with Gasteiger partial charge in [-0.1, -0.05) is 0 Å². The summed E-state index contributed by atoms with van der Waals surface area (Å²) in [6.07, 6.45) is 5.32. The van der Waals surface area contributed by atoms with Crippen LogP contribution in [0.3, 0.4) is 0 Å². The average molecular weight is 392 g/mol. The lowest BCUT2D eigenvalue weighted by molar-refractivity contribution is 0.122. The molecule has 0 aromatic carbocycles. The molecule has 0 spiro atoms. The van der Waals surface area contributed by atoms with E-state index >= 15 is 0 Å². The molecule has 0 amide bonds. The van der Waals surface area contributed by atoms with E-state index in [4.69, 9.17) is 14.7 Å². The maximum absolute atomic E-state index is 11.7. The number of anilines is 1. The van der Waals surface area contributed by atoms with Gasteiger partial charge in [-0.2, -0.15) is 4.31 Å². The van der Waals surface area contributed by atoms with Crippen LogP contribution in [-0.4, -0.2) is 98.6 Å². The summed E-state index contributed by atoms with van der Waals surface area (Å²) in [4.78, 5) is 14.0. The topological polar surface area (TPSA) is 83.3 Å². The molecule has 146 valence electrons. The lowest BCUT2D eigenvalue weighted by atomic mass is 10.1. The van der Waals surface area contributed by atoms with Gasteiger partial charge in [-0.15, -0.1) is 0 Å². The summed E-state index contributed by atoms with van der Waals surface area (Å²) in [5, 5.41) is 0. The average Bonchev–Trinajstić information content (AvgIpc) is 3.03. The van der Waals surface area contributed by atoms with E-state index in [-0.39, 0.29) is 0 Å². The normalized spacial score (nSPS) is 20.4. The van der Waals surface area contributed by atoms with Crippen molar-refractivity contribution in [1.82, 2.24) is 23.6 Å². The summed E-state index contributed by atoms with van der Waals surface area (Å²) < 4.78 is 32.4. The number of ether oxygens (including phenoxy) is 1. The van der Waals surface area contributed by atoms with Gasteiger partial charge in [0.15, 0.2) is 19.3 Å². The van der Waals surface area contributed by atoms with Crippen molar-refractivity contribution in [2.45, 2.75) is 6.54 Å². The van der Waals surface area contributed by atoms with Crippen molar-refractivity contribution in [3.05, 3.63) is 18.1 Å². The minimum Gasteiger partial charge on any atom is -0.378 e. The predicted octanol–water partition coefficient (Wildman–Crippen LogP) is -2.10. The zero-order valence-corrected chi connectivity index (χ0v) is 16.7. The molecule has 11 heteroatoms. The van der Waals surface area contributed by atoms with Gasteiger partial charge in [-0.05, 0) is 0 Å². The molecule has 4 heterocycles. The van der Waals surface area contributed by atoms with Crippen molar-refractivity contribution < 1.29 is 13.2 Å². The summed E-state index contributed by atoms with van der Waals surface area (Å²) >= 11 is 0. The molecule has 2 aromatic heterocycles. The van der Waals surface area contributed by atoms with Gasteiger partial charge in [0.1, 0.15) is 0 Å². The van der Waals surface area contributed by atoms with Crippen LogP contribution in [0, 0.1) is 0 Å². The second-order valence-corrected chi connectivity index (χ2v) is 9.19. The Morgan fingerprint density at radius 2 is 1.78 bits per heavy atom. The molecule has 27 heavy (non-hydrogen) atoms. The Hall–Kier alpha value is -1.69. The summed E-state index contributed by atoms with van der Waals surface area (Å²) in [6, 6.07) is 0. The van der Waals surface area contributed by atoms with E-state index in [0.717, 1.165) is 35.8 Å². The third-order valence-corrected chi connectivity index (χ3v) is 6.39. The molecule has 2 saturated heterocycles. The van der Waals surface area contributed by atoms with Crippen LogP contribution in [0.4, 0.5) is 5.82 Å². The summed E-state index contributed by atoms with van der Waals surface area (Å²) in [7, 11) is -1.11. The number of hydrogen-bond acceptors (Lipinski definition) is 7. The molecule has 0 aliphatic carbocycles.